The Morgan fingerprint density at radius 2 is 1.89 bits per heavy atom. The standard InChI is InChI=1S/C19H16ClN5O3/c1-24(9-8-20)14-5-2-12-3-7-18(26)19(15(12)11-14)23-22-13-4-6-16(21)17(10-13)25(27)28/h2-7,10-11H,1,8-9H2,(H2-,21,22,23,26)/p+1. The zero-order chi connectivity index (χ0) is 20.3. The smallest absolute Gasteiger partial charge is 0.294 e. The van der Waals surface area contributed by atoms with Gasteiger partial charge in [0, 0.05) is 23.6 Å². The minimum absolute atomic E-state index is 0.0384. The van der Waals surface area contributed by atoms with Crippen molar-refractivity contribution in [3.8, 4) is 5.75 Å². The van der Waals surface area contributed by atoms with Gasteiger partial charge >= 0.3 is 0 Å². The second kappa shape index (κ2) is 8.01. The Hall–Kier alpha value is -3.52. The Balaban J connectivity index is 2.07. The van der Waals surface area contributed by atoms with Crippen LogP contribution in [-0.4, -0.2) is 33.7 Å². The van der Waals surface area contributed by atoms with Crippen LogP contribution in [0.2, 0.25) is 0 Å². The highest BCUT2D eigenvalue weighted by Gasteiger charge is 2.14. The number of alkyl halides is 1. The van der Waals surface area contributed by atoms with E-state index >= 15 is 0 Å². The summed E-state index contributed by atoms with van der Waals surface area (Å²) in [5.41, 5.74) is 6.67. The number of aromatic hydroxyl groups is 1. The number of phenolic OH excluding ortho intramolecular Hbond substituents is 1. The molecule has 0 amide bonds. The number of anilines is 1. The lowest BCUT2D eigenvalue weighted by molar-refractivity contribution is -0.425. The molecule has 8 nitrogen and oxygen atoms in total. The molecule has 0 aliphatic rings. The Morgan fingerprint density at radius 3 is 2.61 bits per heavy atom. The summed E-state index contributed by atoms with van der Waals surface area (Å²) in [6.45, 7) is 4.49. The summed E-state index contributed by atoms with van der Waals surface area (Å²) in [5, 5.41) is 31.0. The maximum atomic E-state index is 11.0. The molecule has 9 heteroatoms. The molecule has 3 N–H and O–H groups in total. The van der Waals surface area contributed by atoms with Crippen LogP contribution in [0.5, 0.6) is 5.75 Å². The number of phenols is 1. The SMILES string of the molecule is C=[N+](CCCl)c1ccc2ccc(O)c(N=Nc3ccc(N)c([N+](=O)[O-])c3)c2c1. The first-order chi connectivity index (χ1) is 13.4. The lowest BCUT2D eigenvalue weighted by Crippen LogP contribution is -2.05. The van der Waals surface area contributed by atoms with Crippen LogP contribution in [0.1, 0.15) is 0 Å². The van der Waals surface area contributed by atoms with Gasteiger partial charge in [0.05, 0.1) is 16.5 Å². The first-order valence-corrected chi connectivity index (χ1v) is 8.79. The topological polar surface area (TPSA) is 117 Å². The van der Waals surface area contributed by atoms with Crippen molar-refractivity contribution >= 4 is 57.5 Å². The third-order valence-corrected chi connectivity index (χ3v) is 4.32. The highest BCUT2D eigenvalue weighted by atomic mass is 35.5. The van der Waals surface area contributed by atoms with Crippen LogP contribution in [0.3, 0.4) is 0 Å². The molecule has 0 radical (unpaired) electrons. The van der Waals surface area contributed by atoms with Crippen LogP contribution in [0.4, 0.5) is 28.4 Å². The summed E-state index contributed by atoms with van der Waals surface area (Å²) in [7, 11) is 0. The first-order valence-electron chi connectivity index (χ1n) is 8.26. The third kappa shape index (κ3) is 3.91. The number of nitrogens with two attached hydrogens (primary N) is 1. The number of nitro benzene ring substituents is 1. The van der Waals surface area contributed by atoms with E-state index in [1.807, 2.05) is 18.2 Å². The summed E-state index contributed by atoms with van der Waals surface area (Å²) in [6.07, 6.45) is 0. The summed E-state index contributed by atoms with van der Waals surface area (Å²) in [4.78, 5) is 10.4. The number of nitro groups is 1. The second-order valence-electron chi connectivity index (χ2n) is 5.99. The summed E-state index contributed by atoms with van der Waals surface area (Å²) in [6, 6.07) is 13.0. The molecule has 3 aromatic carbocycles. The fourth-order valence-electron chi connectivity index (χ4n) is 2.67. The monoisotopic (exact) mass is 398 g/mol. The lowest BCUT2D eigenvalue weighted by atomic mass is 10.1. The molecule has 28 heavy (non-hydrogen) atoms. The zero-order valence-corrected chi connectivity index (χ0v) is 15.5. The Bertz CT molecular complexity index is 1110. The van der Waals surface area contributed by atoms with Crippen molar-refractivity contribution in [2.24, 2.45) is 10.2 Å². The molecule has 3 rings (SSSR count). The minimum atomic E-state index is -0.588. The Morgan fingerprint density at radius 1 is 1.14 bits per heavy atom. The maximum absolute atomic E-state index is 11.0. The molecule has 0 atom stereocenters. The van der Waals surface area contributed by atoms with Gasteiger partial charge in [-0.1, -0.05) is 6.07 Å². The number of azo groups is 1. The predicted molar refractivity (Wildman–Crippen MR) is 110 cm³/mol. The van der Waals surface area contributed by atoms with Crippen molar-refractivity contribution in [1.29, 1.82) is 0 Å². The van der Waals surface area contributed by atoms with E-state index in [0.29, 0.717) is 17.8 Å². The molecule has 0 saturated heterocycles. The van der Waals surface area contributed by atoms with Gasteiger partial charge in [0.2, 0.25) is 5.69 Å². The molecule has 0 aliphatic carbocycles. The van der Waals surface area contributed by atoms with Gasteiger partial charge in [-0.3, -0.25) is 10.1 Å². The molecule has 0 saturated carbocycles. The van der Waals surface area contributed by atoms with E-state index in [2.05, 4.69) is 16.9 Å². The van der Waals surface area contributed by atoms with E-state index in [-0.39, 0.29) is 28.5 Å². The highest BCUT2D eigenvalue weighted by molar-refractivity contribution is 6.18. The van der Waals surface area contributed by atoms with Gasteiger partial charge in [-0.15, -0.1) is 16.7 Å². The molecule has 3 aromatic rings. The number of hydrogen-bond acceptors (Lipinski definition) is 6. The van der Waals surface area contributed by atoms with E-state index in [1.54, 1.807) is 10.6 Å². The minimum Gasteiger partial charge on any atom is -0.506 e. The normalized spacial score (nSPS) is 11.2. The lowest BCUT2D eigenvalue weighted by Gasteiger charge is -2.06. The number of fused-ring (bicyclic) bond motifs is 1. The van der Waals surface area contributed by atoms with Crippen molar-refractivity contribution in [1.82, 2.24) is 0 Å². The van der Waals surface area contributed by atoms with Gasteiger partial charge in [-0.05, 0) is 29.7 Å². The van der Waals surface area contributed by atoms with Crippen LogP contribution in [0, 0.1) is 10.1 Å². The van der Waals surface area contributed by atoms with Crippen molar-refractivity contribution in [3.05, 3.63) is 58.6 Å². The van der Waals surface area contributed by atoms with Crippen LogP contribution < -0.4 is 5.73 Å². The van der Waals surface area contributed by atoms with Crippen LogP contribution in [0.25, 0.3) is 10.8 Å². The van der Waals surface area contributed by atoms with E-state index in [9.17, 15) is 15.2 Å². The summed E-state index contributed by atoms with van der Waals surface area (Å²) < 4.78 is 1.74. The molecule has 0 bridgehead atoms. The maximum Gasteiger partial charge on any atom is 0.294 e. The van der Waals surface area contributed by atoms with Gasteiger partial charge in [-0.25, -0.2) is 4.58 Å². The zero-order valence-electron chi connectivity index (χ0n) is 14.7. The fourth-order valence-corrected chi connectivity index (χ4v) is 2.88. The molecular formula is C19H17ClN5O3+. The summed E-state index contributed by atoms with van der Waals surface area (Å²) in [5.74, 6) is 0.357. The predicted octanol–water partition coefficient (Wildman–Crippen LogP) is 5.03. The van der Waals surface area contributed by atoms with E-state index in [0.717, 1.165) is 11.1 Å². The van der Waals surface area contributed by atoms with Crippen molar-refractivity contribution in [2.75, 3.05) is 18.2 Å². The number of rotatable bonds is 6. The largest absolute Gasteiger partial charge is 0.506 e. The summed E-state index contributed by atoms with van der Waals surface area (Å²) >= 11 is 5.77. The number of nitrogens with zero attached hydrogens (tertiary/aromatic N) is 4. The van der Waals surface area contributed by atoms with E-state index in [1.165, 1.54) is 24.3 Å². The molecule has 0 aliphatic heterocycles. The van der Waals surface area contributed by atoms with Crippen molar-refractivity contribution in [3.63, 3.8) is 0 Å². The van der Waals surface area contributed by atoms with E-state index in [4.69, 9.17) is 17.3 Å². The third-order valence-electron chi connectivity index (χ3n) is 4.15. The first kappa shape index (κ1) is 19.2. The average Bonchev–Trinajstić information content (AvgIpc) is 2.67. The average molecular weight is 399 g/mol. The molecule has 142 valence electrons. The fraction of sp³-hybridized carbons (Fsp3) is 0.105. The number of halogens is 1. The molecular weight excluding hydrogens is 382 g/mol. The van der Waals surface area contributed by atoms with Gasteiger partial charge in [0.25, 0.3) is 5.69 Å². The number of hydrogen-bond donors (Lipinski definition) is 2. The highest BCUT2D eigenvalue weighted by Crippen LogP contribution is 2.38. The van der Waals surface area contributed by atoms with Gasteiger partial charge < -0.3 is 10.8 Å². The molecule has 0 aromatic heterocycles. The van der Waals surface area contributed by atoms with Crippen molar-refractivity contribution < 1.29 is 14.6 Å². The quantitative estimate of drug-likeness (QED) is 0.115. The number of nitrogen functional groups attached to an aromatic ring is 1. The molecule has 0 heterocycles. The molecule has 0 fully saturated rings. The second-order valence-corrected chi connectivity index (χ2v) is 6.37. The molecule has 0 spiro atoms. The van der Waals surface area contributed by atoms with Gasteiger partial charge in [-0.2, -0.15) is 5.11 Å². The van der Waals surface area contributed by atoms with Gasteiger partial charge in [0.1, 0.15) is 23.8 Å². The van der Waals surface area contributed by atoms with Crippen LogP contribution >= 0.6 is 11.6 Å². The van der Waals surface area contributed by atoms with Gasteiger partial charge in [0.15, 0.2) is 6.54 Å². The Labute approximate surface area is 165 Å². The molecule has 0 unspecified atom stereocenters. The van der Waals surface area contributed by atoms with Crippen LogP contribution in [-0.2, 0) is 0 Å². The number of benzene rings is 3. The Kier molecular flexibility index (Phi) is 5.51. The van der Waals surface area contributed by atoms with E-state index < -0.39 is 4.92 Å². The van der Waals surface area contributed by atoms with Crippen LogP contribution in [0.15, 0.2) is 58.8 Å². The van der Waals surface area contributed by atoms with Crippen molar-refractivity contribution in [2.45, 2.75) is 0 Å².